The summed E-state index contributed by atoms with van der Waals surface area (Å²) in [6.45, 7) is 2.63. The Labute approximate surface area is 90.3 Å². The van der Waals surface area contributed by atoms with Crippen molar-refractivity contribution in [3.63, 3.8) is 0 Å². The number of ether oxygens (including phenoxy) is 1. The zero-order valence-electron chi connectivity index (χ0n) is 9.11. The van der Waals surface area contributed by atoms with Crippen LogP contribution in [-0.2, 0) is 4.74 Å². The van der Waals surface area contributed by atoms with Gasteiger partial charge in [-0.3, -0.25) is 0 Å². The van der Waals surface area contributed by atoms with Crippen molar-refractivity contribution in [1.82, 2.24) is 5.32 Å². The predicted molar refractivity (Wildman–Crippen MR) is 58.0 cm³/mol. The molecule has 0 atom stereocenters. The van der Waals surface area contributed by atoms with Crippen LogP contribution in [0.1, 0.15) is 32.6 Å². The van der Waals surface area contributed by atoms with Gasteiger partial charge in [0, 0.05) is 6.04 Å². The second kappa shape index (κ2) is 6.45. The number of rotatable bonds is 4. The molecule has 0 heterocycles. The van der Waals surface area contributed by atoms with Gasteiger partial charge in [0.1, 0.15) is 0 Å². The monoisotopic (exact) mass is 213 g/mol. The van der Waals surface area contributed by atoms with Gasteiger partial charge in [0.2, 0.25) is 0 Å². The highest BCUT2D eigenvalue weighted by molar-refractivity contribution is 5.64. The molecule has 0 aliphatic heterocycles. The van der Waals surface area contributed by atoms with Gasteiger partial charge in [0.15, 0.2) is 0 Å². The van der Waals surface area contributed by atoms with E-state index in [-0.39, 0.29) is 6.04 Å². The van der Waals surface area contributed by atoms with Gasteiger partial charge in [0.25, 0.3) is 0 Å². The molecule has 0 aromatic heterocycles. The molecular weight excluding hydrogens is 194 g/mol. The van der Waals surface area contributed by atoms with Gasteiger partial charge in [-0.25, -0.2) is 4.79 Å². The van der Waals surface area contributed by atoms with Crippen LogP contribution in [0, 0.1) is 0 Å². The summed E-state index contributed by atoms with van der Waals surface area (Å²) in [5, 5.41) is 11.1. The third-order valence-corrected chi connectivity index (χ3v) is 2.67. The summed E-state index contributed by atoms with van der Waals surface area (Å²) in [5.74, 6) is 0. The van der Waals surface area contributed by atoms with Crippen LogP contribution in [0.4, 0.5) is 4.79 Å². The quantitative estimate of drug-likeness (QED) is 0.703. The fourth-order valence-corrected chi connectivity index (χ4v) is 1.84. The summed E-state index contributed by atoms with van der Waals surface area (Å²) in [5.41, 5.74) is 0. The first-order valence-corrected chi connectivity index (χ1v) is 5.44. The Kier molecular flexibility index (Phi) is 5.18. The highest BCUT2D eigenvalue weighted by Crippen LogP contribution is 2.21. The van der Waals surface area contributed by atoms with Gasteiger partial charge in [-0.05, 0) is 32.6 Å². The van der Waals surface area contributed by atoms with E-state index in [4.69, 9.17) is 9.84 Å². The zero-order chi connectivity index (χ0) is 11.1. The summed E-state index contributed by atoms with van der Waals surface area (Å²) >= 11 is 0. The molecule has 0 unspecified atom stereocenters. The zero-order valence-corrected chi connectivity index (χ0v) is 9.11. The standard InChI is InChI=1S/C11H19NO3/c1-2-3-8-15-10-6-4-9(5-7-10)12-11(13)14/h2-3,9-10,12H,4-8H2,1H3,(H,13,14). The smallest absolute Gasteiger partial charge is 0.404 e. The largest absolute Gasteiger partial charge is 0.465 e. The minimum Gasteiger partial charge on any atom is -0.465 e. The normalized spacial score (nSPS) is 26.7. The molecule has 1 saturated carbocycles. The molecule has 1 amide bonds. The molecule has 0 radical (unpaired) electrons. The SMILES string of the molecule is CC=CCOC1CCC(NC(=O)O)CC1. The second-order valence-electron chi connectivity index (χ2n) is 3.83. The first-order chi connectivity index (χ1) is 7.22. The number of nitrogens with one attached hydrogen (secondary N) is 1. The lowest BCUT2D eigenvalue weighted by Crippen LogP contribution is -2.38. The van der Waals surface area contributed by atoms with Crippen molar-refractivity contribution in [2.75, 3.05) is 6.61 Å². The molecule has 4 nitrogen and oxygen atoms in total. The van der Waals surface area contributed by atoms with Crippen LogP contribution in [0.3, 0.4) is 0 Å². The van der Waals surface area contributed by atoms with Crippen LogP contribution in [-0.4, -0.2) is 30.0 Å². The molecular formula is C11H19NO3. The van der Waals surface area contributed by atoms with Gasteiger partial charge in [-0.1, -0.05) is 12.2 Å². The average Bonchev–Trinajstić information content (AvgIpc) is 2.20. The molecule has 1 fully saturated rings. The minimum atomic E-state index is -0.923. The Hall–Kier alpha value is -1.03. The molecule has 4 heteroatoms. The Bertz CT molecular complexity index is 220. The lowest BCUT2D eigenvalue weighted by Gasteiger charge is -2.28. The van der Waals surface area contributed by atoms with Crippen molar-refractivity contribution >= 4 is 6.09 Å². The minimum absolute atomic E-state index is 0.115. The highest BCUT2D eigenvalue weighted by Gasteiger charge is 2.22. The van der Waals surface area contributed by atoms with Crippen molar-refractivity contribution in [3.05, 3.63) is 12.2 Å². The molecule has 0 saturated heterocycles. The van der Waals surface area contributed by atoms with Crippen molar-refractivity contribution in [3.8, 4) is 0 Å². The average molecular weight is 213 g/mol. The Morgan fingerprint density at radius 3 is 2.67 bits per heavy atom. The van der Waals surface area contributed by atoms with Crippen LogP contribution in [0.25, 0.3) is 0 Å². The van der Waals surface area contributed by atoms with E-state index in [1.54, 1.807) is 0 Å². The van der Waals surface area contributed by atoms with Crippen LogP contribution >= 0.6 is 0 Å². The molecule has 1 rings (SSSR count). The van der Waals surface area contributed by atoms with E-state index in [2.05, 4.69) is 5.32 Å². The first-order valence-electron chi connectivity index (χ1n) is 5.44. The summed E-state index contributed by atoms with van der Waals surface area (Å²) in [6, 6.07) is 0.115. The third kappa shape index (κ3) is 4.83. The van der Waals surface area contributed by atoms with Crippen LogP contribution in [0.5, 0.6) is 0 Å². The Morgan fingerprint density at radius 2 is 2.13 bits per heavy atom. The second-order valence-corrected chi connectivity index (χ2v) is 3.83. The van der Waals surface area contributed by atoms with Crippen molar-refractivity contribution in [2.45, 2.75) is 44.8 Å². The van der Waals surface area contributed by atoms with Gasteiger partial charge in [-0.15, -0.1) is 0 Å². The van der Waals surface area contributed by atoms with E-state index in [0.29, 0.717) is 12.7 Å². The lowest BCUT2D eigenvalue weighted by atomic mass is 9.93. The fraction of sp³-hybridized carbons (Fsp3) is 0.727. The van der Waals surface area contributed by atoms with E-state index in [1.165, 1.54) is 0 Å². The van der Waals surface area contributed by atoms with E-state index in [1.807, 2.05) is 19.1 Å². The summed E-state index contributed by atoms with van der Waals surface area (Å²) < 4.78 is 5.61. The van der Waals surface area contributed by atoms with Crippen molar-refractivity contribution < 1.29 is 14.6 Å². The van der Waals surface area contributed by atoms with Gasteiger partial charge >= 0.3 is 6.09 Å². The highest BCUT2D eigenvalue weighted by atomic mass is 16.5. The first kappa shape index (κ1) is 12.0. The van der Waals surface area contributed by atoms with Gasteiger partial charge < -0.3 is 15.2 Å². The maximum atomic E-state index is 10.4. The molecule has 0 bridgehead atoms. The van der Waals surface area contributed by atoms with E-state index < -0.39 is 6.09 Å². The van der Waals surface area contributed by atoms with Gasteiger partial charge in [-0.2, -0.15) is 0 Å². The van der Waals surface area contributed by atoms with E-state index in [9.17, 15) is 4.79 Å². The number of carbonyl (C=O) groups is 1. The number of hydrogen-bond acceptors (Lipinski definition) is 2. The lowest BCUT2D eigenvalue weighted by molar-refractivity contribution is 0.0396. The van der Waals surface area contributed by atoms with Crippen molar-refractivity contribution in [1.29, 1.82) is 0 Å². The number of amides is 1. The van der Waals surface area contributed by atoms with Crippen LogP contribution < -0.4 is 5.32 Å². The topological polar surface area (TPSA) is 58.6 Å². The summed E-state index contributed by atoms with van der Waals surface area (Å²) in [7, 11) is 0. The molecule has 1 aliphatic carbocycles. The van der Waals surface area contributed by atoms with E-state index >= 15 is 0 Å². The molecule has 1 aliphatic rings. The third-order valence-electron chi connectivity index (χ3n) is 2.67. The molecule has 2 N–H and O–H groups in total. The molecule has 0 aromatic carbocycles. The Balaban J connectivity index is 2.15. The number of hydrogen-bond donors (Lipinski definition) is 2. The molecule has 15 heavy (non-hydrogen) atoms. The molecule has 0 aromatic rings. The van der Waals surface area contributed by atoms with Gasteiger partial charge in [0.05, 0.1) is 12.7 Å². The number of allylic oxidation sites excluding steroid dienone is 1. The fourth-order valence-electron chi connectivity index (χ4n) is 1.84. The molecule has 0 spiro atoms. The molecule has 86 valence electrons. The van der Waals surface area contributed by atoms with Crippen LogP contribution in [0.2, 0.25) is 0 Å². The predicted octanol–water partition coefficient (Wildman–Crippen LogP) is 2.16. The van der Waals surface area contributed by atoms with Crippen molar-refractivity contribution in [2.24, 2.45) is 0 Å². The van der Waals surface area contributed by atoms with Crippen LogP contribution in [0.15, 0.2) is 12.2 Å². The summed E-state index contributed by atoms with van der Waals surface area (Å²) in [6.07, 6.45) is 6.99. The van der Waals surface area contributed by atoms with E-state index in [0.717, 1.165) is 25.7 Å². The maximum absolute atomic E-state index is 10.4. The number of carboxylic acid groups (broad SMARTS) is 1. The Morgan fingerprint density at radius 1 is 1.47 bits per heavy atom. The maximum Gasteiger partial charge on any atom is 0.404 e. The summed E-state index contributed by atoms with van der Waals surface area (Å²) in [4.78, 5) is 10.4.